The Kier molecular flexibility index (Phi) is 6.46. The van der Waals surface area contributed by atoms with Gasteiger partial charge in [-0.25, -0.2) is 9.97 Å². The summed E-state index contributed by atoms with van der Waals surface area (Å²) in [6, 6.07) is 59.7. The van der Waals surface area contributed by atoms with Gasteiger partial charge in [-0.15, -0.1) is 0 Å². The zero-order valence-electron chi connectivity index (χ0n) is 27.1. The van der Waals surface area contributed by atoms with Crippen LogP contribution in [0.3, 0.4) is 0 Å². The summed E-state index contributed by atoms with van der Waals surface area (Å²) in [5.41, 5.74) is 10.5. The molecule has 10 aromatic rings. The molecule has 234 valence electrons. The number of benzene rings is 8. The van der Waals surface area contributed by atoms with Gasteiger partial charge in [-0.1, -0.05) is 133 Å². The van der Waals surface area contributed by atoms with Crippen molar-refractivity contribution in [2.45, 2.75) is 0 Å². The van der Waals surface area contributed by atoms with Crippen LogP contribution in [0.2, 0.25) is 0 Å². The molecule has 50 heavy (non-hydrogen) atoms. The number of para-hydroxylation sites is 2. The van der Waals surface area contributed by atoms with Crippen LogP contribution in [0.4, 0.5) is 22.7 Å². The Balaban J connectivity index is 0.971. The van der Waals surface area contributed by atoms with Crippen LogP contribution in [0, 0.1) is 0 Å². The highest BCUT2D eigenvalue weighted by Crippen LogP contribution is 2.38. The summed E-state index contributed by atoms with van der Waals surface area (Å²) in [6.45, 7) is 0. The van der Waals surface area contributed by atoms with Crippen molar-refractivity contribution in [3.8, 4) is 11.1 Å². The Labute approximate surface area is 288 Å². The normalized spacial score (nSPS) is 11.6. The summed E-state index contributed by atoms with van der Waals surface area (Å²) in [5, 5.41) is 16.6. The Morgan fingerprint density at radius 1 is 0.300 bits per heavy atom. The van der Waals surface area contributed by atoms with E-state index in [1.54, 1.807) is 0 Å². The van der Waals surface area contributed by atoms with Crippen molar-refractivity contribution < 1.29 is 0 Å². The van der Waals surface area contributed by atoms with Gasteiger partial charge < -0.3 is 10.6 Å². The van der Waals surface area contributed by atoms with Gasteiger partial charge in [0.25, 0.3) is 0 Å². The van der Waals surface area contributed by atoms with Gasteiger partial charge in [-0.05, 0) is 58.3 Å². The van der Waals surface area contributed by atoms with Gasteiger partial charge in [0.2, 0.25) is 0 Å². The molecule has 0 aliphatic carbocycles. The van der Waals surface area contributed by atoms with Gasteiger partial charge in [0.05, 0.1) is 33.4 Å². The minimum atomic E-state index is 0.977. The molecule has 0 amide bonds. The molecule has 2 aromatic heterocycles. The van der Waals surface area contributed by atoms with Crippen molar-refractivity contribution in [2.75, 3.05) is 10.6 Å². The van der Waals surface area contributed by atoms with Crippen LogP contribution in [0.25, 0.3) is 76.3 Å². The first-order valence-corrected chi connectivity index (χ1v) is 16.9. The molecular formula is C46H30N4. The maximum Gasteiger partial charge on any atom is 0.0808 e. The number of nitrogens with zero attached hydrogens (tertiary/aromatic N) is 2. The number of hydrogen-bond acceptors (Lipinski definition) is 4. The predicted molar refractivity (Wildman–Crippen MR) is 212 cm³/mol. The molecule has 10 rings (SSSR count). The zero-order chi connectivity index (χ0) is 33.0. The van der Waals surface area contributed by atoms with E-state index in [4.69, 9.17) is 9.97 Å². The minimum absolute atomic E-state index is 0.977. The molecule has 0 bridgehead atoms. The molecule has 4 nitrogen and oxygen atoms in total. The molecular weight excluding hydrogens is 609 g/mol. The van der Waals surface area contributed by atoms with Crippen LogP contribution in [-0.2, 0) is 0 Å². The quantitative estimate of drug-likeness (QED) is 0.145. The maximum atomic E-state index is 5.09. The fourth-order valence-corrected chi connectivity index (χ4v) is 7.30. The summed E-state index contributed by atoms with van der Waals surface area (Å²) in [4.78, 5) is 10.2. The highest BCUT2D eigenvalue weighted by Gasteiger charge is 2.14. The summed E-state index contributed by atoms with van der Waals surface area (Å²) >= 11 is 0. The third-order valence-corrected chi connectivity index (χ3v) is 9.79. The van der Waals surface area contributed by atoms with Gasteiger partial charge in [-0.2, -0.15) is 0 Å². The van der Waals surface area contributed by atoms with Crippen LogP contribution in [0.1, 0.15) is 0 Å². The van der Waals surface area contributed by atoms with E-state index in [1.807, 2.05) is 0 Å². The SMILES string of the molecule is c1ccc2c(c1)ccc1c(Nc3ccc(-c4ccc(Nc5c6ccccc6nc6c5ccc5ccccc56)cc4)cc3)c3ccccc3nc12. The third-order valence-electron chi connectivity index (χ3n) is 9.79. The molecule has 0 unspecified atom stereocenters. The molecule has 0 radical (unpaired) electrons. The monoisotopic (exact) mass is 638 g/mol. The average Bonchev–Trinajstić information content (AvgIpc) is 3.18. The molecule has 0 aliphatic rings. The summed E-state index contributed by atoms with van der Waals surface area (Å²) < 4.78 is 0. The first-order valence-electron chi connectivity index (χ1n) is 16.9. The number of rotatable bonds is 5. The van der Waals surface area contributed by atoms with E-state index >= 15 is 0 Å². The molecule has 0 fully saturated rings. The molecule has 0 spiro atoms. The van der Waals surface area contributed by atoms with Crippen molar-refractivity contribution in [2.24, 2.45) is 0 Å². The Morgan fingerprint density at radius 3 is 1.12 bits per heavy atom. The largest absolute Gasteiger partial charge is 0.354 e. The van der Waals surface area contributed by atoms with Gasteiger partial charge in [0.1, 0.15) is 0 Å². The number of hydrogen-bond donors (Lipinski definition) is 2. The van der Waals surface area contributed by atoms with Crippen LogP contribution in [0.5, 0.6) is 0 Å². The number of nitrogens with one attached hydrogen (secondary N) is 2. The number of anilines is 4. The van der Waals surface area contributed by atoms with E-state index in [1.165, 1.54) is 10.8 Å². The Hall–Kier alpha value is -6.78. The number of fused-ring (bicyclic) bond motifs is 8. The van der Waals surface area contributed by atoms with E-state index in [2.05, 4.69) is 180 Å². The van der Waals surface area contributed by atoms with Crippen LogP contribution >= 0.6 is 0 Å². The fraction of sp³-hybridized carbons (Fsp3) is 0. The summed E-state index contributed by atoms with van der Waals surface area (Å²) in [5.74, 6) is 0. The smallest absolute Gasteiger partial charge is 0.0808 e. The molecule has 0 saturated carbocycles. The van der Waals surface area contributed by atoms with E-state index in [0.29, 0.717) is 0 Å². The van der Waals surface area contributed by atoms with E-state index < -0.39 is 0 Å². The topological polar surface area (TPSA) is 49.8 Å². The van der Waals surface area contributed by atoms with Crippen molar-refractivity contribution in [3.05, 3.63) is 170 Å². The van der Waals surface area contributed by atoms with Gasteiger partial charge in [0.15, 0.2) is 0 Å². The second-order valence-corrected chi connectivity index (χ2v) is 12.8. The molecule has 4 heteroatoms. The lowest BCUT2D eigenvalue weighted by Gasteiger charge is -2.16. The van der Waals surface area contributed by atoms with Crippen LogP contribution in [-0.4, -0.2) is 9.97 Å². The Bertz CT molecular complexity index is 2710. The van der Waals surface area contributed by atoms with Crippen molar-refractivity contribution in [1.29, 1.82) is 0 Å². The summed E-state index contributed by atoms with van der Waals surface area (Å²) in [6.07, 6.45) is 0. The van der Waals surface area contributed by atoms with E-state index in [-0.39, 0.29) is 0 Å². The second-order valence-electron chi connectivity index (χ2n) is 12.8. The number of aromatic nitrogens is 2. The summed E-state index contributed by atoms with van der Waals surface area (Å²) in [7, 11) is 0. The number of pyridine rings is 2. The Morgan fingerprint density at radius 2 is 0.680 bits per heavy atom. The molecule has 2 heterocycles. The highest BCUT2D eigenvalue weighted by molar-refractivity contribution is 6.17. The van der Waals surface area contributed by atoms with Gasteiger partial charge in [0, 0.05) is 43.7 Å². The van der Waals surface area contributed by atoms with Gasteiger partial charge >= 0.3 is 0 Å². The van der Waals surface area contributed by atoms with Crippen LogP contribution in [0.15, 0.2) is 170 Å². The third kappa shape index (κ3) is 4.69. The van der Waals surface area contributed by atoms with E-state index in [0.717, 1.165) is 88.3 Å². The first kappa shape index (κ1) is 28.3. The van der Waals surface area contributed by atoms with E-state index in [9.17, 15) is 0 Å². The van der Waals surface area contributed by atoms with Crippen molar-refractivity contribution >= 4 is 87.9 Å². The first-order chi connectivity index (χ1) is 24.8. The van der Waals surface area contributed by atoms with Crippen LogP contribution < -0.4 is 10.6 Å². The second kappa shape index (κ2) is 11.4. The van der Waals surface area contributed by atoms with Crippen molar-refractivity contribution in [1.82, 2.24) is 9.97 Å². The lowest BCUT2D eigenvalue weighted by molar-refractivity contribution is 1.49. The molecule has 2 N–H and O–H groups in total. The maximum absolute atomic E-state index is 5.09. The highest BCUT2D eigenvalue weighted by atomic mass is 14.9. The molecule has 0 atom stereocenters. The fourth-order valence-electron chi connectivity index (χ4n) is 7.30. The minimum Gasteiger partial charge on any atom is -0.354 e. The molecule has 0 saturated heterocycles. The van der Waals surface area contributed by atoms with Crippen molar-refractivity contribution in [3.63, 3.8) is 0 Å². The standard InChI is InChI=1S/C46H30N4/c1-3-11-35-31(9-1)21-27-39-43(35)49-41-15-7-5-13-37(41)45(39)47-33-23-17-29(18-24-33)30-19-25-34(26-20-30)48-46-38-14-6-8-16-42(38)50-44-36-12-4-2-10-32(36)22-28-40(44)46/h1-28H,(H,47,49)(H,48,50). The average molecular weight is 639 g/mol. The van der Waals surface area contributed by atoms with Gasteiger partial charge in [-0.3, -0.25) is 0 Å². The lowest BCUT2D eigenvalue weighted by Crippen LogP contribution is -1.96. The zero-order valence-corrected chi connectivity index (χ0v) is 27.1. The molecule has 0 aliphatic heterocycles. The predicted octanol–water partition coefficient (Wildman–Crippen LogP) is 12.5. The molecule has 8 aromatic carbocycles. The lowest BCUT2D eigenvalue weighted by atomic mass is 10.0.